The zero-order chi connectivity index (χ0) is 16.5. The van der Waals surface area contributed by atoms with Crippen molar-refractivity contribution in [3.05, 3.63) is 23.7 Å². The molecule has 4 N–H and O–H groups in total. The second kappa shape index (κ2) is 6.08. The van der Waals surface area contributed by atoms with Gasteiger partial charge in [-0.3, -0.25) is 9.48 Å². The molecule has 0 aromatic carbocycles. The molecule has 126 valence electrons. The highest BCUT2D eigenvalue weighted by atomic mass is 16.2. The van der Waals surface area contributed by atoms with Crippen LogP contribution in [0, 0.1) is 0 Å². The summed E-state index contributed by atoms with van der Waals surface area (Å²) in [6, 6.07) is 0.299. The molecule has 24 heavy (non-hydrogen) atoms. The molecule has 4 heterocycles. The quantitative estimate of drug-likeness (QED) is 0.642. The van der Waals surface area contributed by atoms with Gasteiger partial charge in [0.2, 0.25) is 5.95 Å². The van der Waals surface area contributed by atoms with Crippen LogP contribution in [-0.4, -0.2) is 44.8 Å². The maximum Gasteiger partial charge on any atom is 0.257 e. The van der Waals surface area contributed by atoms with Crippen molar-refractivity contribution in [2.75, 3.05) is 23.7 Å². The lowest BCUT2D eigenvalue weighted by atomic mass is 10.1. The van der Waals surface area contributed by atoms with Crippen molar-refractivity contribution in [3.63, 3.8) is 0 Å². The van der Waals surface area contributed by atoms with E-state index in [1.54, 1.807) is 10.9 Å². The Bertz CT molecular complexity index is 765. The summed E-state index contributed by atoms with van der Waals surface area (Å²) in [5.74, 6) is 0.905. The second-order valence-corrected chi connectivity index (χ2v) is 6.12. The Hall–Kier alpha value is -2.68. The Labute approximate surface area is 139 Å². The first-order chi connectivity index (χ1) is 11.7. The number of hydrogen-bond acceptors (Lipinski definition) is 7. The Balaban J connectivity index is 1.64. The highest BCUT2D eigenvalue weighted by molar-refractivity contribution is 6.02. The van der Waals surface area contributed by atoms with Crippen molar-refractivity contribution >= 4 is 23.4 Å². The lowest BCUT2D eigenvalue weighted by molar-refractivity contribution is 0.0966. The fourth-order valence-electron chi connectivity index (χ4n) is 3.06. The first-order valence-electron chi connectivity index (χ1n) is 8.11. The summed E-state index contributed by atoms with van der Waals surface area (Å²) in [4.78, 5) is 21.1. The zero-order valence-electron chi connectivity index (χ0n) is 13.5. The minimum Gasteiger partial charge on any atom is -0.350 e. The molecule has 1 amide bonds. The summed E-state index contributed by atoms with van der Waals surface area (Å²) < 4.78 is 1.69. The van der Waals surface area contributed by atoms with Gasteiger partial charge in [-0.05, 0) is 19.4 Å². The van der Waals surface area contributed by atoms with Crippen molar-refractivity contribution < 1.29 is 4.79 Å². The largest absolute Gasteiger partial charge is 0.350 e. The third-order valence-electron chi connectivity index (χ3n) is 4.23. The predicted octanol–water partition coefficient (Wildman–Crippen LogP) is 0.361. The fraction of sp³-hybridized carbons (Fsp3) is 0.467. The molecule has 9 heteroatoms. The Kier molecular flexibility index (Phi) is 3.77. The van der Waals surface area contributed by atoms with Gasteiger partial charge in [0, 0.05) is 25.8 Å². The van der Waals surface area contributed by atoms with E-state index in [-0.39, 0.29) is 5.91 Å². The number of anilines is 3. The molecule has 0 aliphatic carbocycles. The van der Waals surface area contributed by atoms with Gasteiger partial charge in [-0.1, -0.05) is 0 Å². The van der Waals surface area contributed by atoms with Crippen molar-refractivity contribution in [2.24, 2.45) is 7.05 Å². The van der Waals surface area contributed by atoms with Gasteiger partial charge < -0.3 is 21.3 Å². The number of fused-ring (bicyclic) bond motifs is 1. The lowest BCUT2D eigenvalue weighted by Crippen LogP contribution is -2.38. The van der Waals surface area contributed by atoms with Crippen LogP contribution in [0.2, 0.25) is 0 Å². The number of carbonyl (C=O) groups excluding carboxylic acids is 1. The third kappa shape index (κ3) is 2.90. The monoisotopic (exact) mass is 328 g/mol. The smallest absolute Gasteiger partial charge is 0.257 e. The van der Waals surface area contributed by atoms with Crippen LogP contribution >= 0.6 is 0 Å². The van der Waals surface area contributed by atoms with E-state index in [0.717, 1.165) is 31.6 Å². The highest BCUT2D eigenvalue weighted by Crippen LogP contribution is 2.26. The molecule has 0 bridgehead atoms. The van der Waals surface area contributed by atoms with E-state index in [2.05, 4.69) is 36.3 Å². The number of rotatable bonds is 4. The van der Waals surface area contributed by atoms with Crippen molar-refractivity contribution in [3.8, 4) is 0 Å². The van der Waals surface area contributed by atoms with Crippen LogP contribution < -0.4 is 21.3 Å². The predicted molar refractivity (Wildman–Crippen MR) is 89.2 cm³/mol. The second-order valence-electron chi connectivity index (χ2n) is 6.12. The number of aromatic nitrogens is 4. The summed E-state index contributed by atoms with van der Waals surface area (Å²) in [5.41, 5.74) is 2.00. The molecular weight excluding hydrogens is 308 g/mol. The molecule has 4 rings (SSSR count). The van der Waals surface area contributed by atoms with Crippen LogP contribution in [0.15, 0.2) is 12.4 Å². The molecule has 2 aromatic heterocycles. The number of nitrogens with one attached hydrogen (secondary N) is 4. The first kappa shape index (κ1) is 14.9. The molecule has 1 saturated heterocycles. The molecule has 0 saturated carbocycles. The topological polar surface area (TPSA) is 109 Å². The van der Waals surface area contributed by atoms with Gasteiger partial charge in [0.25, 0.3) is 5.91 Å². The van der Waals surface area contributed by atoms with Crippen molar-refractivity contribution in [2.45, 2.75) is 25.4 Å². The number of piperidine rings is 1. The lowest BCUT2D eigenvalue weighted by Gasteiger charge is -2.24. The van der Waals surface area contributed by atoms with Crippen LogP contribution in [0.5, 0.6) is 0 Å². The zero-order valence-corrected chi connectivity index (χ0v) is 13.5. The minimum atomic E-state index is -0.151. The van der Waals surface area contributed by atoms with Crippen LogP contribution in [0.25, 0.3) is 0 Å². The van der Waals surface area contributed by atoms with Gasteiger partial charge in [0.05, 0.1) is 24.1 Å². The van der Waals surface area contributed by atoms with Gasteiger partial charge in [-0.25, -0.2) is 4.98 Å². The molecule has 1 fully saturated rings. The Morgan fingerprint density at radius 1 is 1.38 bits per heavy atom. The molecule has 1 atom stereocenters. The van der Waals surface area contributed by atoms with Crippen molar-refractivity contribution in [1.82, 2.24) is 30.4 Å². The fourth-order valence-corrected chi connectivity index (χ4v) is 3.06. The van der Waals surface area contributed by atoms with Crippen LogP contribution in [0.1, 0.15) is 28.9 Å². The van der Waals surface area contributed by atoms with Gasteiger partial charge in [0.1, 0.15) is 11.4 Å². The summed E-state index contributed by atoms with van der Waals surface area (Å²) in [7, 11) is 1.84. The van der Waals surface area contributed by atoms with Gasteiger partial charge in [-0.15, -0.1) is 0 Å². The van der Waals surface area contributed by atoms with E-state index < -0.39 is 0 Å². The first-order valence-corrected chi connectivity index (χ1v) is 8.11. The number of nitrogens with zero attached hydrogens (tertiary/aromatic N) is 4. The molecule has 0 spiro atoms. The summed E-state index contributed by atoms with van der Waals surface area (Å²) in [6.07, 6.45) is 5.73. The molecule has 2 aliphatic heterocycles. The van der Waals surface area contributed by atoms with Gasteiger partial charge in [0.15, 0.2) is 0 Å². The Morgan fingerprint density at radius 3 is 3.04 bits per heavy atom. The number of hydrogen-bond donors (Lipinski definition) is 4. The van der Waals surface area contributed by atoms with Crippen LogP contribution in [0.3, 0.4) is 0 Å². The van der Waals surface area contributed by atoms with Gasteiger partial charge in [-0.2, -0.15) is 10.1 Å². The average molecular weight is 328 g/mol. The number of amides is 1. The van der Waals surface area contributed by atoms with E-state index in [0.29, 0.717) is 35.6 Å². The van der Waals surface area contributed by atoms with E-state index in [1.165, 1.54) is 0 Å². The molecule has 2 aromatic rings. The Morgan fingerprint density at radius 2 is 2.29 bits per heavy atom. The summed E-state index contributed by atoms with van der Waals surface area (Å²) in [6.45, 7) is 2.37. The molecule has 9 nitrogen and oxygen atoms in total. The third-order valence-corrected chi connectivity index (χ3v) is 4.23. The molecule has 2 aliphatic rings. The average Bonchev–Trinajstić information content (AvgIpc) is 3.14. The molecule has 1 unspecified atom stereocenters. The minimum absolute atomic E-state index is 0.151. The molecule has 0 radical (unpaired) electrons. The van der Waals surface area contributed by atoms with Crippen molar-refractivity contribution in [1.29, 1.82) is 0 Å². The van der Waals surface area contributed by atoms with Crippen LogP contribution in [0.4, 0.5) is 17.5 Å². The maximum atomic E-state index is 12.1. The van der Waals surface area contributed by atoms with E-state index in [4.69, 9.17) is 0 Å². The van der Waals surface area contributed by atoms with E-state index >= 15 is 0 Å². The number of aryl methyl sites for hydroxylation is 1. The summed E-state index contributed by atoms with van der Waals surface area (Å²) in [5, 5.41) is 16.8. The number of carbonyl (C=O) groups is 1. The maximum absolute atomic E-state index is 12.1. The highest BCUT2D eigenvalue weighted by Gasteiger charge is 2.27. The van der Waals surface area contributed by atoms with E-state index in [1.807, 2.05) is 13.2 Å². The normalized spacial score (nSPS) is 19.7. The standard InChI is InChI=1S/C15H20N8O/c1-23-8-10(6-18-23)19-13-12-11(7-17-14(12)24)21-15(22-13)20-9-3-2-4-16-5-9/h6,8-9,16H,2-5,7H2,1H3,(H,17,24)(H2,19,20,21,22). The van der Waals surface area contributed by atoms with Gasteiger partial charge >= 0.3 is 0 Å². The molecular formula is C15H20N8O. The van der Waals surface area contributed by atoms with Crippen LogP contribution in [-0.2, 0) is 13.6 Å². The summed E-state index contributed by atoms with van der Waals surface area (Å²) >= 11 is 0. The van der Waals surface area contributed by atoms with E-state index in [9.17, 15) is 4.79 Å². The SMILES string of the molecule is Cn1cc(Nc2nc(NC3CCCNC3)nc3c2C(=O)NC3)cn1.